The smallest absolute Gasteiger partial charge is 0.652 e. The molecule has 0 amide bonds. The largest absolute Gasteiger partial charge is 2.00 e. The van der Waals surface area contributed by atoms with Gasteiger partial charge in [0.1, 0.15) is 0 Å². The van der Waals surface area contributed by atoms with Gasteiger partial charge in [-0.25, -0.2) is 4.79 Å². The van der Waals surface area contributed by atoms with E-state index in [1.807, 2.05) is 12.2 Å². The zero-order valence-corrected chi connectivity index (χ0v) is 19.1. The van der Waals surface area contributed by atoms with Crippen LogP contribution in [0.15, 0.2) is 58.7 Å². The number of carbonyl (C=O) groups excluding carboxylic acids is 1. The summed E-state index contributed by atoms with van der Waals surface area (Å²) in [7, 11) is 0. The molecule has 27 heavy (non-hydrogen) atoms. The van der Waals surface area contributed by atoms with E-state index in [-0.39, 0.29) is 43.2 Å². The first-order chi connectivity index (χ1) is 12.0. The van der Waals surface area contributed by atoms with Crippen molar-refractivity contribution in [3.05, 3.63) is 58.7 Å². The summed E-state index contributed by atoms with van der Waals surface area (Å²) in [6.07, 6.45) is 12.7. The maximum atomic E-state index is 10.5. The SMILES string of the molecule is CC1=C(/C=C/C(C)=C/C=C/C(C)=C/C(=O)O)C(C)(C)CCC1.O=C([O-])[O-].[Ca+2]. The maximum Gasteiger partial charge on any atom is 2.00 e. The summed E-state index contributed by atoms with van der Waals surface area (Å²) in [6.45, 7) is 10.7. The van der Waals surface area contributed by atoms with Crippen molar-refractivity contribution in [3.8, 4) is 0 Å². The third-order valence-electron chi connectivity index (χ3n) is 4.12. The Morgan fingerprint density at radius 2 is 1.67 bits per heavy atom. The Hall–Kier alpha value is -1.30. The second-order valence-corrected chi connectivity index (χ2v) is 7.01. The van der Waals surface area contributed by atoms with E-state index in [2.05, 4.69) is 39.8 Å². The van der Waals surface area contributed by atoms with Crippen LogP contribution in [-0.2, 0) is 4.79 Å². The molecule has 1 N–H and O–H groups in total. The minimum absolute atomic E-state index is 0. The van der Waals surface area contributed by atoms with Crippen molar-refractivity contribution in [2.75, 3.05) is 0 Å². The van der Waals surface area contributed by atoms with Gasteiger partial charge in [0, 0.05) is 6.08 Å². The van der Waals surface area contributed by atoms with Gasteiger partial charge in [-0.1, -0.05) is 55.4 Å². The molecule has 0 heterocycles. The summed E-state index contributed by atoms with van der Waals surface area (Å²) in [5.74, 6) is -0.912. The van der Waals surface area contributed by atoms with Crippen molar-refractivity contribution >= 4 is 49.9 Å². The van der Waals surface area contributed by atoms with Crippen LogP contribution in [0.1, 0.15) is 53.9 Å². The van der Waals surface area contributed by atoms with E-state index >= 15 is 0 Å². The molecule has 0 bridgehead atoms. The predicted molar refractivity (Wildman–Crippen MR) is 105 cm³/mol. The molecule has 144 valence electrons. The van der Waals surface area contributed by atoms with Crippen molar-refractivity contribution < 1.29 is 24.9 Å². The number of hydrogen-bond acceptors (Lipinski definition) is 4. The molecule has 1 rings (SSSR count). The van der Waals surface area contributed by atoms with E-state index in [4.69, 9.17) is 20.1 Å². The summed E-state index contributed by atoms with van der Waals surface area (Å²) in [6, 6.07) is 0. The molecule has 0 aromatic heterocycles. The molecule has 0 unspecified atom stereocenters. The normalized spacial score (nSPS) is 17.4. The van der Waals surface area contributed by atoms with Gasteiger partial charge in [-0.15, -0.1) is 0 Å². The fraction of sp³-hybridized carbons (Fsp3) is 0.429. The van der Waals surface area contributed by atoms with E-state index in [1.165, 1.54) is 36.5 Å². The van der Waals surface area contributed by atoms with Gasteiger partial charge in [0.2, 0.25) is 0 Å². The van der Waals surface area contributed by atoms with Gasteiger partial charge in [-0.3, -0.25) is 0 Å². The Bertz CT molecular complexity index is 660. The molecule has 0 spiro atoms. The molecule has 1 aliphatic carbocycles. The van der Waals surface area contributed by atoms with E-state index in [0.29, 0.717) is 0 Å². The maximum absolute atomic E-state index is 10.5. The van der Waals surface area contributed by atoms with Crippen molar-refractivity contribution in [1.29, 1.82) is 0 Å². The Kier molecular flexibility index (Phi) is 14.3. The molecular formula is C21H28CaO5. The molecule has 5 nitrogen and oxygen atoms in total. The Morgan fingerprint density at radius 3 is 2.15 bits per heavy atom. The number of carbonyl (C=O) groups is 2. The average Bonchev–Trinajstić information content (AvgIpc) is 2.44. The Labute approximate surface area is 191 Å². The molecule has 6 heteroatoms. The second kappa shape index (κ2) is 13.8. The van der Waals surface area contributed by atoms with Crippen LogP contribution in [0.25, 0.3) is 0 Å². The Balaban J connectivity index is 0. The van der Waals surface area contributed by atoms with Crippen LogP contribution in [0.2, 0.25) is 0 Å². The average molecular weight is 401 g/mol. The van der Waals surface area contributed by atoms with E-state index in [0.717, 1.165) is 11.1 Å². The first kappa shape index (κ1) is 27.9. The van der Waals surface area contributed by atoms with Gasteiger partial charge in [-0.2, -0.15) is 0 Å². The molecular weight excluding hydrogens is 372 g/mol. The Morgan fingerprint density at radius 1 is 1.11 bits per heavy atom. The van der Waals surface area contributed by atoms with Crippen LogP contribution in [0.3, 0.4) is 0 Å². The topological polar surface area (TPSA) is 100 Å². The van der Waals surface area contributed by atoms with Crippen LogP contribution in [0.5, 0.6) is 0 Å². The van der Waals surface area contributed by atoms with Crippen LogP contribution >= 0.6 is 0 Å². The van der Waals surface area contributed by atoms with Gasteiger partial charge in [-0.05, 0) is 62.8 Å². The molecule has 0 radical (unpaired) electrons. The van der Waals surface area contributed by atoms with Crippen molar-refractivity contribution in [2.24, 2.45) is 5.41 Å². The first-order valence-electron chi connectivity index (χ1n) is 8.48. The number of carboxylic acids is 1. The van der Waals surface area contributed by atoms with Gasteiger partial charge < -0.3 is 20.1 Å². The first-order valence-corrected chi connectivity index (χ1v) is 8.48. The van der Waals surface area contributed by atoms with Gasteiger partial charge in [0.15, 0.2) is 0 Å². The summed E-state index contributed by atoms with van der Waals surface area (Å²) >= 11 is 0. The molecule has 0 aliphatic heterocycles. The van der Waals surface area contributed by atoms with E-state index in [9.17, 15) is 4.79 Å². The summed E-state index contributed by atoms with van der Waals surface area (Å²) in [5, 5.41) is 25.3. The minimum Gasteiger partial charge on any atom is -0.652 e. The van der Waals surface area contributed by atoms with Crippen LogP contribution in [0.4, 0.5) is 4.79 Å². The zero-order chi connectivity index (χ0) is 20.3. The van der Waals surface area contributed by atoms with Gasteiger partial charge >= 0.3 is 43.7 Å². The summed E-state index contributed by atoms with van der Waals surface area (Å²) in [5.41, 5.74) is 5.09. The quantitative estimate of drug-likeness (QED) is 0.434. The van der Waals surface area contributed by atoms with Crippen LogP contribution < -0.4 is 10.2 Å². The number of allylic oxidation sites excluding steroid dienone is 9. The number of rotatable bonds is 5. The minimum atomic E-state index is -2.33. The molecule has 0 saturated heterocycles. The van der Waals surface area contributed by atoms with Crippen molar-refractivity contribution in [3.63, 3.8) is 0 Å². The molecule has 0 saturated carbocycles. The molecule has 0 atom stereocenters. The number of aliphatic carboxylic acids is 1. The van der Waals surface area contributed by atoms with Crippen LogP contribution in [0, 0.1) is 5.41 Å². The monoisotopic (exact) mass is 400 g/mol. The molecule has 0 aromatic carbocycles. The fourth-order valence-corrected chi connectivity index (χ4v) is 2.88. The number of hydrogen-bond donors (Lipinski definition) is 1. The predicted octanol–water partition coefficient (Wildman–Crippen LogP) is 2.77. The van der Waals surface area contributed by atoms with E-state index < -0.39 is 12.1 Å². The molecule has 0 aromatic rings. The van der Waals surface area contributed by atoms with Gasteiger partial charge in [0.05, 0.1) is 0 Å². The number of carboxylic acid groups (broad SMARTS) is 3. The van der Waals surface area contributed by atoms with Crippen LogP contribution in [-0.4, -0.2) is 55.0 Å². The molecule has 0 fully saturated rings. The van der Waals surface area contributed by atoms with E-state index in [1.54, 1.807) is 13.0 Å². The molecule has 1 aliphatic rings. The van der Waals surface area contributed by atoms with Gasteiger partial charge in [0.25, 0.3) is 0 Å². The third kappa shape index (κ3) is 13.5. The summed E-state index contributed by atoms with van der Waals surface area (Å²) < 4.78 is 0. The fourth-order valence-electron chi connectivity index (χ4n) is 2.88. The summed E-state index contributed by atoms with van der Waals surface area (Å²) in [4.78, 5) is 18.9. The standard InChI is InChI=1S/C20H28O2.CH2O3.Ca/c1-15(8-6-9-16(2)14-19(21)22)11-12-18-17(3)10-7-13-20(18,4)5;2-1(3)4;/h6,8-9,11-12,14H,7,10,13H2,1-5H3,(H,21,22);(H2,2,3,4);/q;;+2/p-2/b9-6+,12-11+,15-8+,16-14+;;. The third-order valence-corrected chi connectivity index (χ3v) is 4.12. The van der Waals surface area contributed by atoms with Crippen molar-refractivity contribution in [2.45, 2.75) is 53.9 Å². The second-order valence-electron chi connectivity index (χ2n) is 7.01. The van der Waals surface area contributed by atoms with Crippen molar-refractivity contribution in [1.82, 2.24) is 0 Å². The zero-order valence-electron chi connectivity index (χ0n) is 16.9.